The second kappa shape index (κ2) is 3.70. The molecule has 0 N–H and O–H groups in total. The third kappa shape index (κ3) is 1.67. The Kier molecular flexibility index (Phi) is 2.55. The maximum atomic E-state index is 4.50. The number of benzene rings is 1. The van der Waals surface area contributed by atoms with Crippen molar-refractivity contribution in [1.82, 2.24) is 4.98 Å². The average molecular weight is 250 g/mol. The van der Waals surface area contributed by atoms with Gasteiger partial charge in [0.15, 0.2) is 0 Å². The number of halogens is 1. The van der Waals surface area contributed by atoms with Gasteiger partial charge in [-0.25, -0.2) is 0 Å². The number of nitrogens with zero attached hydrogens (tertiary/aromatic N) is 1. The number of fused-ring (bicyclic) bond motifs is 1. The number of aryl methyl sites for hydroxylation is 2. The fraction of sp³-hybridized carbons (Fsp3) is 0.250. The van der Waals surface area contributed by atoms with Crippen LogP contribution in [0, 0.1) is 6.92 Å². The Hall–Kier alpha value is -0.890. The zero-order chi connectivity index (χ0) is 10.1. The van der Waals surface area contributed by atoms with E-state index >= 15 is 0 Å². The molecule has 1 aromatic carbocycles. The van der Waals surface area contributed by atoms with Crippen LogP contribution < -0.4 is 0 Å². The summed E-state index contributed by atoms with van der Waals surface area (Å²) in [5.41, 5.74) is 3.55. The molecule has 1 nitrogen and oxygen atoms in total. The lowest BCUT2D eigenvalue weighted by atomic mass is 10.1. The molecule has 0 saturated carbocycles. The van der Waals surface area contributed by atoms with Crippen LogP contribution >= 0.6 is 15.9 Å². The van der Waals surface area contributed by atoms with Gasteiger partial charge in [-0.1, -0.05) is 22.9 Å². The lowest BCUT2D eigenvalue weighted by molar-refractivity contribution is 1.12. The zero-order valence-corrected chi connectivity index (χ0v) is 9.93. The highest BCUT2D eigenvalue weighted by molar-refractivity contribution is 9.10. The highest BCUT2D eigenvalue weighted by atomic mass is 79.9. The van der Waals surface area contributed by atoms with Crippen LogP contribution in [-0.2, 0) is 6.42 Å². The molecule has 1 aromatic heterocycles. The van der Waals surface area contributed by atoms with E-state index < -0.39 is 0 Å². The standard InChI is InChI=1S/C12H12BrN/c1-3-9-6-8(2)14-12-5-4-10(13)7-11(9)12/h4-7H,3H2,1-2H3. The summed E-state index contributed by atoms with van der Waals surface area (Å²) < 4.78 is 1.12. The van der Waals surface area contributed by atoms with Gasteiger partial charge < -0.3 is 0 Å². The fourth-order valence-corrected chi connectivity index (χ4v) is 2.07. The molecule has 0 aliphatic carbocycles. The predicted octanol–water partition coefficient (Wildman–Crippen LogP) is 3.87. The smallest absolute Gasteiger partial charge is 0.0708 e. The van der Waals surface area contributed by atoms with Crippen LogP contribution in [0.3, 0.4) is 0 Å². The van der Waals surface area contributed by atoms with Gasteiger partial charge >= 0.3 is 0 Å². The van der Waals surface area contributed by atoms with E-state index in [1.54, 1.807) is 0 Å². The van der Waals surface area contributed by atoms with Crippen molar-refractivity contribution < 1.29 is 0 Å². The second-order valence-corrected chi connectivity index (χ2v) is 4.35. The Morgan fingerprint density at radius 1 is 1.29 bits per heavy atom. The van der Waals surface area contributed by atoms with Gasteiger partial charge in [-0.3, -0.25) is 4.98 Å². The number of hydrogen-bond donors (Lipinski definition) is 0. The van der Waals surface area contributed by atoms with Gasteiger partial charge in [0.05, 0.1) is 5.52 Å². The summed E-state index contributed by atoms with van der Waals surface area (Å²) in [5.74, 6) is 0. The van der Waals surface area contributed by atoms with Gasteiger partial charge in [0.25, 0.3) is 0 Å². The molecule has 0 fully saturated rings. The molecule has 0 radical (unpaired) electrons. The van der Waals surface area contributed by atoms with E-state index in [4.69, 9.17) is 0 Å². The topological polar surface area (TPSA) is 12.9 Å². The van der Waals surface area contributed by atoms with E-state index in [0.717, 1.165) is 22.1 Å². The van der Waals surface area contributed by atoms with Crippen molar-refractivity contribution >= 4 is 26.8 Å². The summed E-state index contributed by atoms with van der Waals surface area (Å²) in [4.78, 5) is 4.50. The molecule has 0 amide bonds. The minimum Gasteiger partial charge on any atom is -0.253 e. The van der Waals surface area contributed by atoms with Crippen molar-refractivity contribution in [2.24, 2.45) is 0 Å². The lowest BCUT2D eigenvalue weighted by Gasteiger charge is -2.05. The van der Waals surface area contributed by atoms with E-state index in [-0.39, 0.29) is 0 Å². The van der Waals surface area contributed by atoms with E-state index in [1.807, 2.05) is 13.0 Å². The van der Waals surface area contributed by atoms with Gasteiger partial charge in [-0.05, 0) is 43.2 Å². The third-order valence-electron chi connectivity index (χ3n) is 2.37. The lowest BCUT2D eigenvalue weighted by Crippen LogP contribution is -1.90. The van der Waals surface area contributed by atoms with Crippen molar-refractivity contribution in [2.45, 2.75) is 20.3 Å². The summed E-state index contributed by atoms with van der Waals surface area (Å²) >= 11 is 3.49. The first-order valence-corrected chi connectivity index (χ1v) is 5.56. The van der Waals surface area contributed by atoms with E-state index in [9.17, 15) is 0 Å². The normalized spacial score (nSPS) is 10.8. The van der Waals surface area contributed by atoms with Gasteiger partial charge in [-0.15, -0.1) is 0 Å². The number of rotatable bonds is 1. The number of pyridine rings is 1. The highest BCUT2D eigenvalue weighted by Crippen LogP contribution is 2.22. The minimum atomic E-state index is 1.05. The minimum absolute atomic E-state index is 1.05. The van der Waals surface area contributed by atoms with Gasteiger partial charge in [0.1, 0.15) is 0 Å². The number of hydrogen-bond acceptors (Lipinski definition) is 1. The van der Waals surface area contributed by atoms with Crippen molar-refractivity contribution in [3.8, 4) is 0 Å². The van der Waals surface area contributed by atoms with E-state index in [1.165, 1.54) is 10.9 Å². The molecule has 14 heavy (non-hydrogen) atoms. The summed E-state index contributed by atoms with van der Waals surface area (Å²) in [7, 11) is 0. The molecule has 72 valence electrons. The molecular weight excluding hydrogens is 238 g/mol. The molecule has 2 aromatic rings. The Labute approximate surface area is 92.3 Å². The summed E-state index contributed by atoms with van der Waals surface area (Å²) in [6, 6.07) is 8.40. The molecule has 0 aliphatic heterocycles. The van der Waals surface area contributed by atoms with Crippen molar-refractivity contribution in [3.05, 3.63) is 40.0 Å². The molecular formula is C12H12BrN. The van der Waals surface area contributed by atoms with Crippen LogP contribution in [0.5, 0.6) is 0 Å². The molecule has 0 spiro atoms. The van der Waals surface area contributed by atoms with Crippen molar-refractivity contribution in [3.63, 3.8) is 0 Å². The van der Waals surface area contributed by atoms with Crippen molar-refractivity contribution in [1.29, 1.82) is 0 Å². The third-order valence-corrected chi connectivity index (χ3v) is 2.86. The Morgan fingerprint density at radius 3 is 2.79 bits per heavy atom. The van der Waals surface area contributed by atoms with Gasteiger partial charge in [0, 0.05) is 15.6 Å². The van der Waals surface area contributed by atoms with Gasteiger partial charge in [-0.2, -0.15) is 0 Å². The van der Waals surface area contributed by atoms with Crippen LogP contribution in [0.25, 0.3) is 10.9 Å². The molecule has 0 atom stereocenters. The molecule has 2 rings (SSSR count). The number of aromatic nitrogens is 1. The average Bonchev–Trinajstić information content (AvgIpc) is 2.17. The molecule has 1 heterocycles. The molecule has 0 aliphatic rings. The first kappa shape index (κ1) is 9.66. The van der Waals surface area contributed by atoms with E-state index in [2.05, 4.69) is 46.0 Å². The Balaban J connectivity index is 2.81. The van der Waals surface area contributed by atoms with Gasteiger partial charge in [0.2, 0.25) is 0 Å². The monoisotopic (exact) mass is 249 g/mol. The summed E-state index contributed by atoms with van der Waals surface area (Å²) in [5, 5.41) is 1.26. The maximum absolute atomic E-state index is 4.50. The van der Waals surface area contributed by atoms with Crippen LogP contribution in [0.15, 0.2) is 28.7 Å². The first-order valence-electron chi connectivity index (χ1n) is 4.76. The largest absolute Gasteiger partial charge is 0.253 e. The van der Waals surface area contributed by atoms with E-state index in [0.29, 0.717) is 0 Å². The summed E-state index contributed by atoms with van der Waals surface area (Å²) in [6.07, 6.45) is 1.05. The van der Waals surface area contributed by atoms with Crippen LogP contribution in [-0.4, -0.2) is 4.98 Å². The fourth-order valence-electron chi connectivity index (χ4n) is 1.71. The molecule has 0 bridgehead atoms. The maximum Gasteiger partial charge on any atom is 0.0708 e. The second-order valence-electron chi connectivity index (χ2n) is 3.44. The molecule has 2 heteroatoms. The SMILES string of the molecule is CCc1cc(C)nc2ccc(Br)cc12. The Bertz CT molecular complexity index is 477. The first-order chi connectivity index (χ1) is 6.70. The van der Waals surface area contributed by atoms with Crippen LogP contribution in [0.1, 0.15) is 18.2 Å². The molecule has 0 saturated heterocycles. The summed E-state index contributed by atoms with van der Waals surface area (Å²) in [6.45, 7) is 4.22. The molecule has 0 unspecified atom stereocenters. The highest BCUT2D eigenvalue weighted by Gasteiger charge is 2.02. The van der Waals surface area contributed by atoms with Crippen LogP contribution in [0.4, 0.5) is 0 Å². The van der Waals surface area contributed by atoms with Crippen molar-refractivity contribution in [2.75, 3.05) is 0 Å². The quantitative estimate of drug-likeness (QED) is 0.748. The zero-order valence-electron chi connectivity index (χ0n) is 8.34. The predicted molar refractivity (Wildman–Crippen MR) is 63.6 cm³/mol. The Morgan fingerprint density at radius 2 is 2.07 bits per heavy atom. The van der Waals surface area contributed by atoms with Crippen LogP contribution in [0.2, 0.25) is 0 Å².